The van der Waals surface area contributed by atoms with Crippen LogP contribution in [0, 0.1) is 0 Å². The summed E-state index contributed by atoms with van der Waals surface area (Å²) in [6.07, 6.45) is 3.48. The van der Waals surface area contributed by atoms with Gasteiger partial charge in [0.05, 0.1) is 34.9 Å². The highest BCUT2D eigenvalue weighted by molar-refractivity contribution is 9.10. The zero-order valence-electron chi connectivity index (χ0n) is 10.7. The van der Waals surface area contributed by atoms with Gasteiger partial charge in [0.2, 0.25) is 0 Å². The molecule has 4 nitrogen and oxygen atoms in total. The number of methoxy groups -OCH3 is 1. The molecule has 6 heteroatoms. The molecule has 0 aliphatic rings. The second kappa shape index (κ2) is 5.42. The zero-order chi connectivity index (χ0) is 14.1. The lowest BCUT2D eigenvalue weighted by atomic mass is 10.3. The van der Waals surface area contributed by atoms with Gasteiger partial charge in [-0.1, -0.05) is 0 Å². The molecule has 1 aromatic carbocycles. The topological polar surface area (TPSA) is 39.9 Å². The summed E-state index contributed by atoms with van der Waals surface area (Å²) in [5, 5.41) is 0. The van der Waals surface area contributed by atoms with Gasteiger partial charge in [-0.3, -0.25) is 9.55 Å². The number of halogens is 2. The Morgan fingerprint density at radius 2 is 2.20 bits per heavy atom. The SMILES string of the molecule is COc1cc(-n2c(CCl)nc3cnccc32)ccc1Br. The van der Waals surface area contributed by atoms with Gasteiger partial charge in [-0.2, -0.15) is 0 Å². The minimum atomic E-state index is 0.326. The molecular formula is C14H11BrClN3O. The molecule has 3 rings (SSSR count). The Labute approximate surface area is 129 Å². The summed E-state index contributed by atoms with van der Waals surface area (Å²) in [7, 11) is 1.64. The first-order valence-corrected chi connectivity index (χ1v) is 7.28. The fourth-order valence-corrected chi connectivity index (χ4v) is 2.74. The Hall–Kier alpha value is -1.59. The second-order valence-electron chi connectivity index (χ2n) is 4.18. The summed E-state index contributed by atoms with van der Waals surface area (Å²) in [4.78, 5) is 8.59. The molecule has 0 amide bonds. The molecule has 0 N–H and O–H groups in total. The molecule has 0 fully saturated rings. The summed E-state index contributed by atoms with van der Waals surface area (Å²) in [5.74, 6) is 1.87. The van der Waals surface area contributed by atoms with Gasteiger partial charge in [0.25, 0.3) is 0 Å². The predicted molar refractivity (Wildman–Crippen MR) is 82.7 cm³/mol. The van der Waals surface area contributed by atoms with E-state index in [1.807, 2.05) is 28.8 Å². The lowest BCUT2D eigenvalue weighted by Crippen LogP contribution is -2.00. The van der Waals surface area contributed by atoms with Crippen molar-refractivity contribution >= 4 is 38.6 Å². The van der Waals surface area contributed by atoms with E-state index in [1.54, 1.807) is 19.5 Å². The maximum Gasteiger partial charge on any atom is 0.135 e. The highest BCUT2D eigenvalue weighted by atomic mass is 79.9. The van der Waals surface area contributed by atoms with Crippen LogP contribution in [0.15, 0.2) is 41.1 Å². The summed E-state index contributed by atoms with van der Waals surface area (Å²) >= 11 is 9.47. The van der Waals surface area contributed by atoms with Crippen molar-refractivity contribution in [2.45, 2.75) is 5.88 Å². The monoisotopic (exact) mass is 351 g/mol. The molecule has 2 heterocycles. The first kappa shape index (κ1) is 13.4. The number of hydrogen-bond donors (Lipinski definition) is 0. The minimum Gasteiger partial charge on any atom is -0.495 e. The predicted octanol–water partition coefficient (Wildman–Crippen LogP) is 3.93. The summed E-state index contributed by atoms with van der Waals surface area (Å²) in [6, 6.07) is 7.80. The maximum absolute atomic E-state index is 6.01. The average molecular weight is 353 g/mol. The molecule has 0 atom stereocenters. The molecule has 0 saturated carbocycles. The maximum atomic E-state index is 6.01. The third-order valence-corrected chi connectivity index (χ3v) is 3.93. The summed E-state index contributed by atoms with van der Waals surface area (Å²) in [6.45, 7) is 0. The van der Waals surface area contributed by atoms with E-state index in [4.69, 9.17) is 16.3 Å². The van der Waals surface area contributed by atoms with Crippen molar-refractivity contribution in [1.29, 1.82) is 0 Å². The molecule has 20 heavy (non-hydrogen) atoms. The lowest BCUT2D eigenvalue weighted by molar-refractivity contribution is 0.412. The van der Waals surface area contributed by atoms with Gasteiger partial charge in [0.1, 0.15) is 17.1 Å². The van der Waals surface area contributed by atoms with E-state index in [0.29, 0.717) is 5.88 Å². The number of imidazole rings is 1. The molecule has 0 bridgehead atoms. The van der Waals surface area contributed by atoms with Gasteiger partial charge >= 0.3 is 0 Å². The van der Waals surface area contributed by atoms with E-state index in [-0.39, 0.29) is 0 Å². The lowest BCUT2D eigenvalue weighted by Gasteiger charge is -2.10. The first-order valence-electron chi connectivity index (χ1n) is 5.96. The molecule has 0 unspecified atom stereocenters. The Morgan fingerprint density at radius 3 is 2.95 bits per heavy atom. The third-order valence-electron chi connectivity index (χ3n) is 3.04. The van der Waals surface area contributed by atoms with Crippen LogP contribution < -0.4 is 4.74 Å². The Kier molecular flexibility index (Phi) is 3.63. The first-order chi connectivity index (χ1) is 9.74. The second-order valence-corrected chi connectivity index (χ2v) is 5.30. The number of hydrogen-bond acceptors (Lipinski definition) is 3. The van der Waals surface area contributed by atoms with E-state index in [2.05, 4.69) is 25.9 Å². The van der Waals surface area contributed by atoms with Crippen LogP contribution in [-0.2, 0) is 5.88 Å². The number of pyridine rings is 1. The zero-order valence-corrected chi connectivity index (χ0v) is 13.0. The highest BCUT2D eigenvalue weighted by Crippen LogP contribution is 2.30. The van der Waals surface area contributed by atoms with E-state index in [9.17, 15) is 0 Å². The summed E-state index contributed by atoms with van der Waals surface area (Å²) in [5.41, 5.74) is 2.75. The number of fused-ring (bicyclic) bond motifs is 1. The minimum absolute atomic E-state index is 0.326. The van der Waals surface area contributed by atoms with Crippen molar-refractivity contribution in [3.63, 3.8) is 0 Å². The quantitative estimate of drug-likeness (QED) is 0.671. The number of aromatic nitrogens is 3. The molecule has 0 radical (unpaired) electrons. The van der Waals surface area contributed by atoms with Gasteiger partial charge in [-0.25, -0.2) is 4.98 Å². The van der Waals surface area contributed by atoms with Crippen LogP contribution >= 0.6 is 27.5 Å². The number of ether oxygens (including phenoxy) is 1. The standard InChI is InChI=1S/C14H11BrClN3O/c1-20-13-6-9(2-3-10(13)15)19-12-4-5-17-8-11(12)18-14(19)7-16/h2-6,8H,7H2,1H3. The van der Waals surface area contributed by atoms with Crippen molar-refractivity contribution < 1.29 is 4.74 Å². The van der Waals surface area contributed by atoms with Crippen LogP contribution in [-0.4, -0.2) is 21.6 Å². The van der Waals surface area contributed by atoms with Gasteiger partial charge < -0.3 is 4.74 Å². The average Bonchev–Trinajstić information content (AvgIpc) is 2.86. The third kappa shape index (κ3) is 2.17. The molecule has 2 aromatic heterocycles. The van der Waals surface area contributed by atoms with Crippen LogP contribution in [0.3, 0.4) is 0 Å². The van der Waals surface area contributed by atoms with Crippen LogP contribution in [0.4, 0.5) is 0 Å². The van der Waals surface area contributed by atoms with E-state index in [1.165, 1.54) is 0 Å². The summed E-state index contributed by atoms with van der Waals surface area (Å²) < 4.78 is 8.26. The molecule has 3 aromatic rings. The number of rotatable bonds is 3. The molecule has 102 valence electrons. The van der Waals surface area contributed by atoms with Gasteiger partial charge in [0, 0.05) is 12.3 Å². The van der Waals surface area contributed by atoms with Gasteiger partial charge in [-0.05, 0) is 34.1 Å². The van der Waals surface area contributed by atoms with E-state index < -0.39 is 0 Å². The van der Waals surface area contributed by atoms with Crippen molar-refractivity contribution in [1.82, 2.24) is 14.5 Å². The van der Waals surface area contributed by atoms with Crippen molar-refractivity contribution in [2.24, 2.45) is 0 Å². The molecule has 0 aliphatic heterocycles. The normalized spacial score (nSPS) is 10.9. The molecular weight excluding hydrogens is 342 g/mol. The number of benzene rings is 1. The van der Waals surface area contributed by atoms with Crippen molar-refractivity contribution in [2.75, 3.05) is 7.11 Å². The number of nitrogens with zero attached hydrogens (tertiary/aromatic N) is 3. The number of alkyl halides is 1. The van der Waals surface area contributed by atoms with Gasteiger partial charge in [-0.15, -0.1) is 11.6 Å². The molecule has 0 spiro atoms. The van der Waals surface area contributed by atoms with Crippen LogP contribution in [0.1, 0.15) is 5.82 Å². The fraction of sp³-hybridized carbons (Fsp3) is 0.143. The largest absolute Gasteiger partial charge is 0.495 e. The Balaban J connectivity index is 2.28. The molecule has 0 saturated heterocycles. The van der Waals surface area contributed by atoms with E-state index in [0.717, 1.165) is 32.8 Å². The highest BCUT2D eigenvalue weighted by Gasteiger charge is 2.13. The van der Waals surface area contributed by atoms with Crippen molar-refractivity contribution in [3.8, 4) is 11.4 Å². The Morgan fingerprint density at radius 1 is 1.35 bits per heavy atom. The van der Waals surface area contributed by atoms with Crippen LogP contribution in [0.2, 0.25) is 0 Å². The van der Waals surface area contributed by atoms with Gasteiger partial charge in [0.15, 0.2) is 0 Å². The van der Waals surface area contributed by atoms with Crippen molar-refractivity contribution in [3.05, 3.63) is 47.0 Å². The fourth-order valence-electron chi connectivity index (χ4n) is 2.15. The Bertz CT molecular complexity index is 772. The van der Waals surface area contributed by atoms with E-state index >= 15 is 0 Å². The smallest absolute Gasteiger partial charge is 0.135 e. The van der Waals surface area contributed by atoms with Crippen LogP contribution in [0.5, 0.6) is 5.75 Å². The van der Waals surface area contributed by atoms with Crippen LogP contribution in [0.25, 0.3) is 16.7 Å². The molecule has 0 aliphatic carbocycles.